The molecule has 8 heteroatoms. The number of fused-ring (bicyclic) bond motifs is 4. The van der Waals surface area contributed by atoms with E-state index in [0.29, 0.717) is 33.4 Å². The molecule has 3 N–H and O–H groups in total. The van der Waals surface area contributed by atoms with Gasteiger partial charge in [0.1, 0.15) is 23.0 Å². The second-order valence-corrected chi connectivity index (χ2v) is 6.11. The quantitative estimate of drug-likeness (QED) is 0.758. The van der Waals surface area contributed by atoms with Gasteiger partial charge in [-0.1, -0.05) is 23.7 Å². The normalized spacial score (nSPS) is 21.2. The zero-order valence-electron chi connectivity index (χ0n) is 12.8. The highest BCUT2D eigenvalue weighted by Crippen LogP contribution is 2.54. The number of aryl methyl sites for hydroxylation is 2. The number of carbonyl (C=O) groups excluding carboxylic acids is 1. The molecule has 1 aromatic heterocycles. The summed E-state index contributed by atoms with van der Waals surface area (Å²) in [6, 6.07) is 7.19. The zero-order valence-corrected chi connectivity index (χ0v) is 13.6. The van der Waals surface area contributed by atoms with E-state index in [1.807, 2.05) is 6.07 Å². The number of halogens is 1. The molecule has 24 heavy (non-hydrogen) atoms. The van der Waals surface area contributed by atoms with Crippen molar-refractivity contribution in [2.75, 3.05) is 5.32 Å². The van der Waals surface area contributed by atoms with Crippen LogP contribution in [-0.4, -0.2) is 15.7 Å². The molecule has 120 valence electrons. The van der Waals surface area contributed by atoms with Gasteiger partial charge in [-0.15, -0.1) is 0 Å². The number of rotatable bonds is 0. The van der Waals surface area contributed by atoms with Crippen molar-refractivity contribution in [3.63, 3.8) is 0 Å². The number of para-hydroxylation sites is 1. The first-order valence-electron chi connectivity index (χ1n) is 7.15. The summed E-state index contributed by atoms with van der Waals surface area (Å²) in [5.41, 5.74) is 6.65. The highest BCUT2D eigenvalue weighted by molar-refractivity contribution is 6.35. The van der Waals surface area contributed by atoms with Crippen LogP contribution in [0.1, 0.15) is 17.0 Å². The summed E-state index contributed by atoms with van der Waals surface area (Å²) in [5, 5.41) is 17.2. The van der Waals surface area contributed by atoms with Gasteiger partial charge in [-0.25, -0.2) is 0 Å². The van der Waals surface area contributed by atoms with E-state index in [0.717, 1.165) is 0 Å². The molecule has 1 amide bonds. The van der Waals surface area contributed by atoms with Crippen molar-refractivity contribution in [1.29, 1.82) is 5.26 Å². The van der Waals surface area contributed by atoms with Crippen LogP contribution >= 0.6 is 11.6 Å². The van der Waals surface area contributed by atoms with E-state index < -0.39 is 11.3 Å². The average Bonchev–Trinajstić information content (AvgIpc) is 2.97. The van der Waals surface area contributed by atoms with Crippen LogP contribution in [-0.2, 0) is 17.3 Å². The maximum absolute atomic E-state index is 13.1. The largest absolute Gasteiger partial charge is 0.437 e. The molecule has 7 nitrogen and oxygen atoms in total. The highest BCUT2D eigenvalue weighted by atomic mass is 35.5. The third-order valence-corrected chi connectivity index (χ3v) is 4.78. The van der Waals surface area contributed by atoms with Crippen molar-refractivity contribution in [2.24, 2.45) is 12.8 Å². The number of nitrogens with two attached hydrogens (primary N) is 1. The van der Waals surface area contributed by atoms with Crippen molar-refractivity contribution in [2.45, 2.75) is 12.3 Å². The lowest BCUT2D eigenvalue weighted by molar-refractivity contribution is -0.118. The van der Waals surface area contributed by atoms with E-state index in [9.17, 15) is 10.1 Å². The van der Waals surface area contributed by atoms with Crippen LogP contribution in [0.5, 0.6) is 5.75 Å². The molecule has 0 saturated heterocycles. The lowest BCUT2D eigenvalue weighted by Crippen LogP contribution is -2.43. The lowest BCUT2D eigenvalue weighted by atomic mass is 9.71. The number of anilines is 1. The second kappa shape index (κ2) is 4.52. The van der Waals surface area contributed by atoms with Crippen LogP contribution in [0.2, 0.25) is 5.02 Å². The maximum Gasteiger partial charge on any atom is 0.246 e. The van der Waals surface area contributed by atoms with E-state index in [1.165, 1.54) is 0 Å². The summed E-state index contributed by atoms with van der Waals surface area (Å²) < 4.78 is 7.15. The second-order valence-electron chi connectivity index (χ2n) is 5.71. The topological polar surface area (TPSA) is 106 Å². The Bertz CT molecular complexity index is 1000. The molecule has 0 aliphatic carbocycles. The van der Waals surface area contributed by atoms with Crippen LogP contribution in [0.15, 0.2) is 29.7 Å². The van der Waals surface area contributed by atoms with E-state index in [2.05, 4.69) is 10.4 Å². The molecule has 1 aromatic carbocycles. The summed E-state index contributed by atoms with van der Waals surface area (Å²) in [4.78, 5) is 13.1. The first kappa shape index (κ1) is 14.6. The summed E-state index contributed by atoms with van der Waals surface area (Å²) >= 11 is 6.24. The van der Waals surface area contributed by atoms with Gasteiger partial charge in [0.2, 0.25) is 11.8 Å². The van der Waals surface area contributed by atoms with E-state index in [4.69, 9.17) is 22.1 Å². The molecule has 1 unspecified atom stereocenters. The van der Waals surface area contributed by atoms with Gasteiger partial charge < -0.3 is 15.8 Å². The number of carbonyl (C=O) groups is 1. The summed E-state index contributed by atoms with van der Waals surface area (Å²) in [6.45, 7) is 1.75. The first-order chi connectivity index (χ1) is 11.4. The number of aromatic nitrogens is 2. The number of nitrogens with one attached hydrogen (secondary N) is 1. The third kappa shape index (κ3) is 1.46. The molecule has 0 bridgehead atoms. The molecule has 2 aromatic rings. The van der Waals surface area contributed by atoms with Crippen LogP contribution < -0.4 is 15.8 Å². The van der Waals surface area contributed by atoms with Crippen LogP contribution in [0.4, 0.5) is 5.69 Å². The number of hydrogen-bond acceptors (Lipinski definition) is 5. The summed E-state index contributed by atoms with van der Waals surface area (Å²) in [6.07, 6.45) is 0. The number of nitriles is 1. The van der Waals surface area contributed by atoms with Gasteiger partial charge in [0.05, 0.1) is 10.7 Å². The monoisotopic (exact) mass is 341 g/mol. The van der Waals surface area contributed by atoms with Crippen molar-refractivity contribution >= 4 is 23.2 Å². The summed E-state index contributed by atoms with van der Waals surface area (Å²) in [7, 11) is 1.70. The van der Waals surface area contributed by atoms with Gasteiger partial charge in [-0.3, -0.25) is 9.48 Å². The Hall–Kier alpha value is -2.98. The van der Waals surface area contributed by atoms with Crippen LogP contribution in [0.25, 0.3) is 0 Å². The first-order valence-corrected chi connectivity index (χ1v) is 7.53. The Kier molecular flexibility index (Phi) is 2.75. The third-order valence-electron chi connectivity index (χ3n) is 4.46. The molecule has 2 aliphatic rings. The minimum atomic E-state index is -1.43. The maximum atomic E-state index is 13.1. The number of amides is 1. The van der Waals surface area contributed by atoms with E-state index >= 15 is 0 Å². The number of ether oxygens (including phenoxy) is 1. The highest BCUT2D eigenvalue weighted by Gasteiger charge is 2.59. The Morgan fingerprint density at radius 3 is 2.96 bits per heavy atom. The average molecular weight is 342 g/mol. The van der Waals surface area contributed by atoms with Gasteiger partial charge in [0.25, 0.3) is 0 Å². The minimum Gasteiger partial charge on any atom is -0.437 e. The number of hydrogen-bond donors (Lipinski definition) is 2. The Morgan fingerprint density at radius 1 is 1.50 bits per heavy atom. The molecule has 1 spiro atoms. The minimum absolute atomic E-state index is 0.0246. The molecular weight excluding hydrogens is 330 g/mol. The van der Waals surface area contributed by atoms with Gasteiger partial charge >= 0.3 is 0 Å². The summed E-state index contributed by atoms with van der Waals surface area (Å²) in [5.74, 6) is -0.126. The number of benzene rings is 1. The Morgan fingerprint density at radius 2 is 2.25 bits per heavy atom. The zero-order chi connectivity index (χ0) is 17.2. The fraction of sp³-hybridized carbons (Fsp3) is 0.188. The van der Waals surface area contributed by atoms with Gasteiger partial charge in [-0.05, 0) is 13.0 Å². The standard InChI is InChI=1S/C16H12ClN5O2/c1-7-12-13(22(2)21-7)16(9(6-18)14(19)24-12)8-4-3-5-10(17)11(8)20-15(16)23/h3-5H,19H2,1-2H3,(H,20,23). The molecule has 2 aliphatic heterocycles. The lowest BCUT2D eigenvalue weighted by Gasteiger charge is -2.32. The van der Waals surface area contributed by atoms with E-state index in [-0.39, 0.29) is 11.5 Å². The fourth-order valence-corrected chi connectivity index (χ4v) is 3.78. The van der Waals surface area contributed by atoms with Crippen molar-refractivity contribution in [1.82, 2.24) is 9.78 Å². The van der Waals surface area contributed by atoms with Crippen LogP contribution in [0.3, 0.4) is 0 Å². The smallest absolute Gasteiger partial charge is 0.246 e. The predicted molar refractivity (Wildman–Crippen MR) is 86.3 cm³/mol. The molecule has 0 fully saturated rings. The van der Waals surface area contributed by atoms with Crippen molar-refractivity contribution < 1.29 is 9.53 Å². The molecule has 4 rings (SSSR count). The Balaban J connectivity index is 2.21. The molecule has 0 radical (unpaired) electrons. The molecule has 3 heterocycles. The SMILES string of the molecule is Cc1nn(C)c2c1OC(N)=C(C#N)C21C(=O)Nc2c(Cl)cccc21. The van der Waals surface area contributed by atoms with Crippen molar-refractivity contribution in [3.05, 3.63) is 51.6 Å². The van der Waals surface area contributed by atoms with Gasteiger partial charge in [-0.2, -0.15) is 10.4 Å². The molecule has 1 atom stereocenters. The van der Waals surface area contributed by atoms with Gasteiger partial charge in [0, 0.05) is 12.6 Å². The fourth-order valence-electron chi connectivity index (χ4n) is 3.55. The molecule has 0 saturated carbocycles. The van der Waals surface area contributed by atoms with E-state index in [1.54, 1.807) is 36.9 Å². The van der Waals surface area contributed by atoms with Gasteiger partial charge in [0.15, 0.2) is 11.2 Å². The predicted octanol–water partition coefficient (Wildman–Crippen LogP) is 1.71. The Labute approximate surface area is 142 Å². The van der Waals surface area contributed by atoms with Crippen molar-refractivity contribution in [3.8, 4) is 11.8 Å². The van der Waals surface area contributed by atoms with Crippen LogP contribution in [0, 0.1) is 18.3 Å². The molecular formula is C16H12ClN5O2. The number of nitrogens with zero attached hydrogens (tertiary/aromatic N) is 3.